The number of rotatable bonds is 6. The molecule has 0 aromatic carbocycles. The van der Waals surface area contributed by atoms with E-state index in [0.29, 0.717) is 6.42 Å². The summed E-state index contributed by atoms with van der Waals surface area (Å²) in [5.41, 5.74) is 0. The minimum absolute atomic E-state index is 0.201. The molecule has 0 radical (unpaired) electrons. The van der Waals surface area contributed by atoms with Crippen molar-refractivity contribution in [2.45, 2.75) is 32.6 Å². The van der Waals surface area contributed by atoms with E-state index >= 15 is 0 Å². The second-order valence-electron chi connectivity index (χ2n) is 4.68. The lowest BCUT2D eigenvalue weighted by atomic mass is 10.1. The molecule has 4 nitrogen and oxygen atoms in total. The standard InChI is InChI=1S/C12H24N2O2/c1-11(10-15)9-13-6-5-12(16)14-7-3-2-4-8-14/h11,13,15H,2-10H2,1H3. The summed E-state index contributed by atoms with van der Waals surface area (Å²) in [6.45, 7) is 5.56. The number of piperidine rings is 1. The molecule has 2 N–H and O–H groups in total. The van der Waals surface area contributed by atoms with Crippen molar-refractivity contribution in [3.8, 4) is 0 Å². The zero-order valence-electron chi connectivity index (χ0n) is 10.2. The van der Waals surface area contributed by atoms with Crippen LogP contribution in [0.3, 0.4) is 0 Å². The molecule has 0 aliphatic carbocycles. The Balaban J connectivity index is 2.05. The second-order valence-corrected chi connectivity index (χ2v) is 4.68. The first-order chi connectivity index (χ1) is 7.74. The van der Waals surface area contributed by atoms with Crippen molar-refractivity contribution in [2.24, 2.45) is 5.92 Å². The third-order valence-corrected chi connectivity index (χ3v) is 3.03. The maximum Gasteiger partial charge on any atom is 0.223 e. The Kier molecular flexibility index (Phi) is 6.42. The highest BCUT2D eigenvalue weighted by Gasteiger charge is 2.15. The van der Waals surface area contributed by atoms with Crippen LogP contribution in [0, 0.1) is 5.92 Å². The van der Waals surface area contributed by atoms with Gasteiger partial charge in [0.05, 0.1) is 0 Å². The van der Waals surface area contributed by atoms with Gasteiger partial charge in [-0.25, -0.2) is 0 Å². The van der Waals surface area contributed by atoms with E-state index in [0.717, 1.165) is 39.0 Å². The van der Waals surface area contributed by atoms with Crippen LogP contribution < -0.4 is 5.32 Å². The zero-order valence-corrected chi connectivity index (χ0v) is 10.2. The summed E-state index contributed by atoms with van der Waals surface area (Å²) in [5, 5.41) is 12.0. The fraction of sp³-hybridized carbons (Fsp3) is 0.917. The van der Waals surface area contributed by atoms with Crippen LogP contribution in [0.15, 0.2) is 0 Å². The van der Waals surface area contributed by atoms with E-state index in [2.05, 4.69) is 5.32 Å². The van der Waals surface area contributed by atoms with E-state index in [4.69, 9.17) is 5.11 Å². The Morgan fingerprint density at radius 3 is 2.69 bits per heavy atom. The van der Waals surface area contributed by atoms with Crippen molar-refractivity contribution >= 4 is 5.91 Å². The number of likely N-dealkylation sites (tertiary alicyclic amines) is 1. The van der Waals surface area contributed by atoms with E-state index < -0.39 is 0 Å². The summed E-state index contributed by atoms with van der Waals surface area (Å²) in [7, 11) is 0. The van der Waals surface area contributed by atoms with Gasteiger partial charge in [-0.2, -0.15) is 0 Å². The number of aliphatic hydroxyl groups excluding tert-OH is 1. The lowest BCUT2D eigenvalue weighted by Gasteiger charge is -2.26. The van der Waals surface area contributed by atoms with Gasteiger partial charge >= 0.3 is 0 Å². The van der Waals surface area contributed by atoms with Crippen molar-refractivity contribution in [2.75, 3.05) is 32.8 Å². The number of nitrogens with zero attached hydrogens (tertiary/aromatic N) is 1. The maximum atomic E-state index is 11.7. The number of nitrogens with one attached hydrogen (secondary N) is 1. The highest BCUT2D eigenvalue weighted by molar-refractivity contribution is 5.76. The minimum Gasteiger partial charge on any atom is -0.396 e. The predicted molar refractivity (Wildman–Crippen MR) is 64.2 cm³/mol. The molecule has 0 spiro atoms. The van der Waals surface area contributed by atoms with Crippen molar-refractivity contribution in [3.05, 3.63) is 0 Å². The van der Waals surface area contributed by atoms with Crippen molar-refractivity contribution in [1.29, 1.82) is 0 Å². The molecule has 1 fully saturated rings. The molecule has 1 aliphatic rings. The average molecular weight is 228 g/mol. The molecule has 16 heavy (non-hydrogen) atoms. The number of hydrogen-bond acceptors (Lipinski definition) is 3. The number of carbonyl (C=O) groups is 1. The van der Waals surface area contributed by atoms with E-state index in [1.165, 1.54) is 6.42 Å². The first-order valence-corrected chi connectivity index (χ1v) is 6.33. The van der Waals surface area contributed by atoms with E-state index in [1.807, 2.05) is 11.8 Å². The molecule has 0 aromatic rings. The monoisotopic (exact) mass is 228 g/mol. The molecule has 0 saturated carbocycles. The Labute approximate surface area is 98.0 Å². The Morgan fingerprint density at radius 1 is 1.38 bits per heavy atom. The molecule has 1 rings (SSSR count). The molecule has 0 bridgehead atoms. The smallest absolute Gasteiger partial charge is 0.223 e. The summed E-state index contributed by atoms with van der Waals surface area (Å²) >= 11 is 0. The molecule has 1 amide bonds. The Morgan fingerprint density at radius 2 is 2.06 bits per heavy atom. The average Bonchev–Trinajstić information content (AvgIpc) is 2.35. The molecule has 4 heteroatoms. The van der Waals surface area contributed by atoms with Crippen LogP contribution in [0.4, 0.5) is 0 Å². The molecule has 1 saturated heterocycles. The molecular formula is C12H24N2O2. The molecule has 1 atom stereocenters. The van der Waals surface area contributed by atoms with Crippen LogP contribution in [0.2, 0.25) is 0 Å². The zero-order chi connectivity index (χ0) is 11.8. The summed E-state index contributed by atoms with van der Waals surface area (Å²) in [6, 6.07) is 0. The largest absolute Gasteiger partial charge is 0.396 e. The third kappa shape index (κ3) is 4.94. The Bertz CT molecular complexity index is 203. The van der Waals surface area contributed by atoms with Gasteiger partial charge in [-0.05, 0) is 31.7 Å². The fourth-order valence-electron chi connectivity index (χ4n) is 1.91. The van der Waals surface area contributed by atoms with Crippen molar-refractivity contribution < 1.29 is 9.90 Å². The number of hydrogen-bond donors (Lipinski definition) is 2. The topological polar surface area (TPSA) is 52.6 Å². The molecule has 94 valence electrons. The van der Waals surface area contributed by atoms with Crippen LogP contribution >= 0.6 is 0 Å². The van der Waals surface area contributed by atoms with Crippen LogP contribution in [0.5, 0.6) is 0 Å². The van der Waals surface area contributed by atoms with Gasteiger partial charge in [0.15, 0.2) is 0 Å². The van der Waals surface area contributed by atoms with E-state index in [9.17, 15) is 4.79 Å². The van der Waals surface area contributed by atoms with E-state index in [1.54, 1.807) is 0 Å². The molecule has 0 aromatic heterocycles. The van der Waals surface area contributed by atoms with Crippen LogP contribution in [-0.2, 0) is 4.79 Å². The lowest BCUT2D eigenvalue weighted by molar-refractivity contribution is -0.131. The van der Waals surface area contributed by atoms with Crippen molar-refractivity contribution in [3.63, 3.8) is 0 Å². The van der Waals surface area contributed by atoms with Crippen molar-refractivity contribution in [1.82, 2.24) is 10.2 Å². The van der Waals surface area contributed by atoms with Gasteiger partial charge in [0.2, 0.25) is 5.91 Å². The van der Waals surface area contributed by atoms with Gasteiger partial charge in [-0.3, -0.25) is 4.79 Å². The summed E-state index contributed by atoms with van der Waals surface area (Å²) in [5.74, 6) is 0.536. The van der Waals surface area contributed by atoms with Gasteiger partial charge in [0, 0.05) is 32.7 Å². The van der Waals surface area contributed by atoms with Gasteiger partial charge in [-0.15, -0.1) is 0 Å². The summed E-state index contributed by atoms with van der Waals surface area (Å²) in [6.07, 6.45) is 4.15. The predicted octanol–water partition coefficient (Wildman–Crippen LogP) is 0.607. The molecule has 1 heterocycles. The minimum atomic E-state index is 0.201. The first kappa shape index (κ1) is 13.5. The van der Waals surface area contributed by atoms with Gasteiger partial charge < -0.3 is 15.3 Å². The van der Waals surface area contributed by atoms with Crippen LogP contribution in [0.1, 0.15) is 32.6 Å². The van der Waals surface area contributed by atoms with Crippen LogP contribution in [0.25, 0.3) is 0 Å². The molecular weight excluding hydrogens is 204 g/mol. The first-order valence-electron chi connectivity index (χ1n) is 6.33. The fourth-order valence-corrected chi connectivity index (χ4v) is 1.91. The third-order valence-electron chi connectivity index (χ3n) is 3.03. The number of amides is 1. The Hall–Kier alpha value is -0.610. The lowest BCUT2D eigenvalue weighted by Crippen LogP contribution is -2.37. The van der Waals surface area contributed by atoms with Gasteiger partial charge in [-0.1, -0.05) is 6.92 Å². The number of aliphatic hydroxyl groups is 1. The highest BCUT2D eigenvalue weighted by atomic mass is 16.3. The second kappa shape index (κ2) is 7.63. The SMILES string of the molecule is CC(CO)CNCCC(=O)N1CCCCC1. The van der Waals surface area contributed by atoms with Gasteiger partial charge in [0.1, 0.15) is 0 Å². The maximum absolute atomic E-state index is 11.7. The number of carbonyl (C=O) groups excluding carboxylic acids is 1. The molecule has 1 aliphatic heterocycles. The normalized spacial score (nSPS) is 18.5. The summed E-state index contributed by atoms with van der Waals surface area (Å²) in [4.78, 5) is 13.7. The summed E-state index contributed by atoms with van der Waals surface area (Å²) < 4.78 is 0. The van der Waals surface area contributed by atoms with Gasteiger partial charge in [0.25, 0.3) is 0 Å². The highest BCUT2D eigenvalue weighted by Crippen LogP contribution is 2.09. The van der Waals surface area contributed by atoms with E-state index in [-0.39, 0.29) is 18.4 Å². The quantitative estimate of drug-likeness (QED) is 0.655. The molecule has 1 unspecified atom stereocenters. The van der Waals surface area contributed by atoms with Crippen LogP contribution in [-0.4, -0.2) is 48.7 Å².